The Morgan fingerprint density at radius 3 is 1.12 bits per heavy atom. The lowest BCUT2D eigenvalue weighted by Crippen LogP contribution is -1.84. The van der Waals surface area contributed by atoms with Crippen molar-refractivity contribution in [1.29, 1.82) is 0 Å². The molecule has 0 unspecified atom stereocenters. The summed E-state index contributed by atoms with van der Waals surface area (Å²) in [5, 5.41) is 0. The van der Waals surface area contributed by atoms with Crippen molar-refractivity contribution in [3.8, 4) is 11.1 Å². The first-order valence-electron chi connectivity index (χ1n) is 4.77. The van der Waals surface area contributed by atoms with Crippen LogP contribution in [0.4, 0.5) is 20.3 Å². The van der Waals surface area contributed by atoms with Crippen molar-refractivity contribution in [1.82, 2.24) is 0 Å². The summed E-state index contributed by atoms with van der Waals surface area (Å²) in [5.41, 5.74) is 5.84. The highest BCUT2D eigenvalue weighted by Gasteiger charge is 1.98. The molecule has 0 bridgehead atoms. The van der Waals surface area contributed by atoms with E-state index in [1.165, 1.54) is 0 Å². The van der Waals surface area contributed by atoms with Crippen LogP contribution in [0.5, 0.6) is 0 Å². The van der Waals surface area contributed by atoms with Gasteiger partial charge in [0.05, 0.1) is 11.4 Å². The van der Waals surface area contributed by atoms with Gasteiger partial charge in [-0.2, -0.15) is 0 Å². The standard InChI is InChI=1S/C12H10F2N2/c13-15-11-5-1-9(2-6-11)10-3-7-12(16-14)8-4-10/h1-8,15-16H. The molecule has 2 N–H and O–H groups in total. The average molecular weight is 220 g/mol. The summed E-state index contributed by atoms with van der Waals surface area (Å²) in [5.74, 6) is 0. The third kappa shape index (κ3) is 2.11. The summed E-state index contributed by atoms with van der Waals surface area (Å²) in [7, 11) is 0. The van der Waals surface area contributed by atoms with Crippen molar-refractivity contribution < 1.29 is 8.96 Å². The molecule has 0 fully saturated rings. The quantitative estimate of drug-likeness (QED) is 0.765. The maximum absolute atomic E-state index is 12.1. The van der Waals surface area contributed by atoms with E-state index >= 15 is 0 Å². The summed E-state index contributed by atoms with van der Waals surface area (Å²) in [6.45, 7) is 0. The number of benzene rings is 2. The zero-order valence-corrected chi connectivity index (χ0v) is 8.37. The normalized spacial score (nSPS) is 9.88. The highest BCUT2D eigenvalue weighted by molar-refractivity contribution is 5.67. The van der Waals surface area contributed by atoms with E-state index in [0.29, 0.717) is 11.4 Å². The van der Waals surface area contributed by atoms with Gasteiger partial charge in [-0.3, -0.25) is 0 Å². The Morgan fingerprint density at radius 1 is 0.562 bits per heavy atom. The monoisotopic (exact) mass is 220 g/mol. The van der Waals surface area contributed by atoms with E-state index in [1.54, 1.807) is 59.6 Å². The molecule has 2 aromatic rings. The molecule has 2 nitrogen and oxygen atoms in total. The van der Waals surface area contributed by atoms with Gasteiger partial charge in [0.15, 0.2) is 0 Å². The van der Waals surface area contributed by atoms with Crippen LogP contribution in [0, 0.1) is 0 Å². The van der Waals surface area contributed by atoms with Gasteiger partial charge in [-0.25, -0.2) is 11.1 Å². The topological polar surface area (TPSA) is 24.1 Å². The van der Waals surface area contributed by atoms with Crippen molar-refractivity contribution in [3.05, 3.63) is 48.5 Å². The Kier molecular flexibility index (Phi) is 3.00. The molecule has 0 aliphatic heterocycles. The Labute approximate surface area is 91.8 Å². The fraction of sp³-hybridized carbons (Fsp3) is 0. The van der Waals surface area contributed by atoms with Crippen molar-refractivity contribution >= 4 is 11.4 Å². The fourth-order valence-corrected chi connectivity index (χ4v) is 1.45. The molecule has 4 heteroatoms. The average Bonchev–Trinajstić information content (AvgIpc) is 2.39. The molecule has 0 aromatic heterocycles. The first-order chi connectivity index (χ1) is 7.83. The minimum absolute atomic E-state index is 0.408. The predicted molar refractivity (Wildman–Crippen MR) is 61.3 cm³/mol. The van der Waals surface area contributed by atoms with Gasteiger partial charge in [-0.05, 0) is 35.4 Å². The van der Waals surface area contributed by atoms with Gasteiger partial charge in [0.1, 0.15) is 0 Å². The SMILES string of the molecule is FNc1ccc(-c2ccc(NF)cc2)cc1. The van der Waals surface area contributed by atoms with Crippen LogP contribution in [-0.4, -0.2) is 0 Å². The van der Waals surface area contributed by atoms with Crippen LogP contribution < -0.4 is 11.1 Å². The molecule has 0 saturated carbocycles. The van der Waals surface area contributed by atoms with Gasteiger partial charge in [0.2, 0.25) is 0 Å². The van der Waals surface area contributed by atoms with E-state index in [0.717, 1.165) is 11.1 Å². The molecule has 0 amide bonds. The van der Waals surface area contributed by atoms with Gasteiger partial charge in [-0.15, -0.1) is 8.96 Å². The van der Waals surface area contributed by atoms with Gasteiger partial charge >= 0.3 is 0 Å². The predicted octanol–water partition coefficient (Wildman–Crippen LogP) is 3.95. The van der Waals surface area contributed by atoms with Gasteiger partial charge in [0, 0.05) is 0 Å². The molecule has 0 aliphatic rings. The summed E-state index contributed by atoms with van der Waals surface area (Å²) in [6, 6.07) is 13.7. The molecule has 0 aliphatic carbocycles. The fourth-order valence-electron chi connectivity index (χ4n) is 1.45. The zero-order chi connectivity index (χ0) is 11.4. The summed E-state index contributed by atoms with van der Waals surface area (Å²) in [6.07, 6.45) is 0. The number of rotatable bonds is 3. The smallest absolute Gasteiger partial charge is 0.0656 e. The molecular weight excluding hydrogens is 210 g/mol. The molecular formula is C12H10F2N2. The number of halogens is 2. The lowest BCUT2D eigenvalue weighted by atomic mass is 10.1. The molecule has 2 aromatic carbocycles. The Morgan fingerprint density at radius 2 is 0.875 bits per heavy atom. The lowest BCUT2D eigenvalue weighted by Gasteiger charge is -2.03. The van der Waals surface area contributed by atoms with Crippen LogP contribution >= 0.6 is 0 Å². The Hall–Kier alpha value is -2.10. The molecule has 0 atom stereocenters. The lowest BCUT2D eigenvalue weighted by molar-refractivity contribution is 0.617. The minimum Gasteiger partial charge on any atom is -0.225 e. The second-order valence-corrected chi connectivity index (χ2v) is 3.34. The van der Waals surface area contributed by atoms with E-state index in [4.69, 9.17) is 0 Å². The summed E-state index contributed by atoms with van der Waals surface area (Å²) >= 11 is 0. The Balaban J connectivity index is 2.28. The highest BCUT2D eigenvalue weighted by atomic mass is 19.2. The minimum atomic E-state index is 0.408. The van der Waals surface area contributed by atoms with E-state index in [-0.39, 0.29) is 0 Å². The third-order valence-corrected chi connectivity index (χ3v) is 2.32. The van der Waals surface area contributed by atoms with Crippen molar-refractivity contribution in [2.75, 3.05) is 11.1 Å². The second kappa shape index (κ2) is 4.61. The van der Waals surface area contributed by atoms with Crippen molar-refractivity contribution in [2.24, 2.45) is 0 Å². The van der Waals surface area contributed by atoms with Crippen LogP contribution in [0.15, 0.2) is 48.5 Å². The number of anilines is 2. The van der Waals surface area contributed by atoms with Crippen LogP contribution in [0.2, 0.25) is 0 Å². The first-order valence-corrected chi connectivity index (χ1v) is 4.77. The molecule has 82 valence electrons. The number of hydrogen-bond acceptors (Lipinski definition) is 2. The molecule has 0 heterocycles. The van der Waals surface area contributed by atoms with E-state index in [1.807, 2.05) is 0 Å². The van der Waals surface area contributed by atoms with E-state index in [9.17, 15) is 8.96 Å². The first kappa shape index (κ1) is 10.4. The van der Waals surface area contributed by atoms with Gasteiger partial charge in [0.25, 0.3) is 0 Å². The van der Waals surface area contributed by atoms with Crippen LogP contribution in [0.3, 0.4) is 0 Å². The van der Waals surface area contributed by atoms with Gasteiger partial charge < -0.3 is 0 Å². The second-order valence-electron chi connectivity index (χ2n) is 3.34. The highest BCUT2D eigenvalue weighted by Crippen LogP contribution is 2.23. The van der Waals surface area contributed by atoms with Crippen molar-refractivity contribution in [3.63, 3.8) is 0 Å². The van der Waals surface area contributed by atoms with Crippen molar-refractivity contribution in [2.45, 2.75) is 0 Å². The number of nitrogens with one attached hydrogen (secondary N) is 2. The van der Waals surface area contributed by atoms with Crippen LogP contribution in [0.1, 0.15) is 0 Å². The molecule has 2 rings (SSSR count). The molecule has 16 heavy (non-hydrogen) atoms. The van der Waals surface area contributed by atoms with Gasteiger partial charge in [-0.1, -0.05) is 24.3 Å². The summed E-state index contributed by atoms with van der Waals surface area (Å²) in [4.78, 5) is 0. The summed E-state index contributed by atoms with van der Waals surface area (Å²) < 4.78 is 24.1. The van der Waals surface area contributed by atoms with Crippen LogP contribution in [0.25, 0.3) is 11.1 Å². The zero-order valence-electron chi connectivity index (χ0n) is 8.37. The van der Waals surface area contributed by atoms with E-state index < -0.39 is 0 Å². The molecule has 0 saturated heterocycles. The largest absolute Gasteiger partial charge is 0.225 e. The maximum atomic E-state index is 12.1. The maximum Gasteiger partial charge on any atom is 0.0656 e. The number of hydrogen-bond donors (Lipinski definition) is 2. The van der Waals surface area contributed by atoms with Crippen LogP contribution in [-0.2, 0) is 0 Å². The Bertz CT molecular complexity index is 406. The van der Waals surface area contributed by atoms with E-state index in [2.05, 4.69) is 0 Å². The molecule has 0 radical (unpaired) electrons. The third-order valence-electron chi connectivity index (χ3n) is 2.32. The molecule has 0 spiro atoms.